The molecule has 156 valence electrons. The molecule has 0 bridgehead atoms. The summed E-state index contributed by atoms with van der Waals surface area (Å²) in [4.78, 5) is 40.1. The average Bonchev–Trinajstić information content (AvgIpc) is 2.75. The number of fused-ring (bicyclic) bond motifs is 1. The Labute approximate surface area is 176 Å². The molecule has 30 heavy (non-hydrogen) atoms. The molecule has 0 saturated carbocycles. The Bertz CT molecular complexity index is 1010. The van der Waals surface area contributed by atoms with Gasteiger partial charge >= 0.3 is 0 Å². The van der Waals surface area contributed by atoms with Gasteiger partial charge in [0.15, 0.2) is 16.9 Å². The molecule has 0 aliphatic carbocycles. The van der Waals surface area contributed by atoms with Crippen molar-refractivity contribution in [3.8, 4) is 0 Å². The summed E-state index contributed by atoms with van der Waals surface area (Å²) >= 11 is 1.23. The summed E-state index contributed by atoms with van der Waals surface area (Å²) in [5.74, 6) is -3.28. The zero-order chi connectivity index (χ0) is 21.3. The van der Waals surface area contributed by atoms with Crippen LogP contribution in [0.1, 0.15) is 12.8 Å². The third-order valence-corrected chi connectivity index (χ3v) is 6.48. The molecule has 3 amide bonds. The molecule has 0 spiro atoms. The number of nitrogens with zero attached hydrogens (tertiary/aromatic N) is 1. The number of anilines is 2. The fourth-order valence-corrected chi connectivity index (χ4v) is 4.63. The summed E-state index contributed by atoms with van der Waals surface area (Å²) in [5, 5.41) is 4.50. The van der Waals surface area contributed by atoms with Crippen LogP contribution in [0.4, 0.5) is 20.2 Å². The van der Waals surface area contributed by atoms with E-state index in [1.54, 1.807) is 11.0 Å². The van der Waals surface area contributed by atoms with Gasteiger partial charge in [-0.05, 0) is 37.1 Å². The van der Waals surface area contributed by atoms with Crippen molar-refractivity contribution in [3.05, 3.63) is 54.1 Å². The number of rotatable bonds is 3. The van der Waals surface area contributed by atoms with Gasteiger partial charge in [-0.15, -0.1) is 11.8 Å². The highest BCUT2D eigenvalue weighted by atomic mass is 32.2. The van der Waals surface area contributed by atoms with Crippen LogP contribution in [0, 0.1) is 17.6 Å². The Morgan fingerprint density at radius 2 is 1.80 bits per heavy atom. The van der Waals surface area contributed by atoms with Gasteiger partial charge in [0.25, 0.3) is 0 Å². The van der Waals surface area contributed by atoms with Crippen LogP contribution in [0.5, 0.6) is 0 Å². The number of nitrogens with one attached hydrogen (secondary N) is 2. The molecule has 1 fully saturated rings. The average molecular weight is 431 g/mol. The molecule has 9 heteroatoms. The number of carbonyl (C=O) groups is 3. The number of benzene rings is 2. The lowest BCUT2D eigenvalue weighted by atomic mass is 9.95. The van der Waals surface area contributed by atoms with Crippen molar-refractivity contribution in [2.75, 3.05) is 23.7 Å². The van der Waals surface area contributed by atoms with E-state index in [1.807, 2.05) is 18.2 Å². The van der Waals surface area contributed by atoms with Crippen LogP contribution in [0.15, 0.2) is 47.4 Å². The van der Waals surface area contributed by atoms with E-state index < -0.39 is 16.9 Å². The Morgan fingerprint density at radius 3 is 2.53 bits per heavy atom. The molecule has 2 aromatic rings. The molecule has 2 heterocycles. The van der Waals surface area contributed by atoms with Crippen LogP contribution in [0.25, 0.3) is 0 Å². The third-order valence-electron chi connectivity index (χ3n) is 5.22. The molecule has 2 aromatic carbocycles. The minimum Gasteiger partial charge on any atom is -0.341 e. The molecule has 2 N–H and O–H groups in total. The molecule has 0 aromatic heterocycles. The standard InChI is InChI=1S/C21H19F2N3O3S/c22-14-6-5-13(11-15(14)23)24-19(27)12-7-9-26(10-8-12)21(29)18-20(28)25-16-3-1-2-4-17(16)30-18/h1-6,11-12,18H,7-10H2,(H,24,27)(H,25,28). The van der Waals surface area contributed by atoms with Crippen LogP contribution >= 0.6 is 11.8 Å². The first kappa shape index (κ1) is 20.3. The normalized spacial score (nSPS) is 19.1. The van der Waals surface area contributed by atoms with E-state index in [0.717, 1.165) is 17.0 Å². The van der Waals surface area contributed by atoms with Gasteiger partial charge in [0.2, 0.25) is 17.7 Å². The minimum atomic E-state index is -1.03. The lowest BCUT2D eigenvalue weighted by Crippen LogP contribution is -2.48. The highest BCUT2D eigenvalue weighted by Gasteiger charge is 2.37. The topological polar surface area (TPSA) is 78.5 Å². The fourth-order valence-electron chi connectivity index (χ4n) is 3.56. The van der Waals surface area contributed by atoms with Gasteiger partial charge in [0.1, 0.15) is 0 Å². The first-order valence-electron chi connectivity index (χ1n) is 9.53. The summed E-state index contributed by atoms with van der Waals surface area (Å²) < 4.78 is 26.3. The van der Waals surface area contributed by atoms with E-state index in [4.69, 9.17) is 0 Å². The summed E-state index contributed by atoms with van der Waals surface area (Å²) in [6.45, 7) is 0.696. The lowest BCUT2D eigenvalue weighted by Gasteiger charge is -2.34. The molecule has 1 atom stereocenters. The highest BCUT2D eigenvalue weighted by Crippen LogP contribution is 2.36. The maximum Gasteiger partial charge on any atom is 0.247 e. The molecule has 1 unspecified atom stereocenters. The number of thioether (sulfide) groups is 1. The maximum atomic E-state index is 13.3. The number of carbonyl (C=O) groups excluding carboxylic acids is 3. The van der Waals surface area contributed by atoms with Crippen LogP contribution < -0.4 is 10.6 Å². The van der Waals surface area contributed by atoms with Crippen molar-refractivity contribution < 1.29 is 23.2 Å². The summed E-state index contributed by atoms with van der Waals surface area (Å²) in [5.41, 5.74) is 0.885. The van der Waals surface area contributed by atoms with E-state index in [1.165, 1.54) is 17.8 Å². The van der Waals surface area contributed by atoms with Gasteiger partial charge in [-0.25, -0.2) is 8.78 Å². The maximum absolute atomic E-state index is 13.3. The van der Waals surface area contributed by atoms with Gasteiger partial charge in [-0.3, -0.25) is 14.4 Å². The van der Waals surface area contributed by atoms with Crippen molar-refractivity contribution in [3.63, 3.8) is 0 Å². The van der Waals surface area contributed by atoms with Crippen molar-refractivity contribution in [1.29, 1.82) is 0 Å². The fraction of sp³-hybridized carbons (Fsp3) is 0.286. The van der Waals surface area contributed by atoms with Crippen LogP contribution in [0.3, 0.4) is 0 Å². The van der Waals surface area contributed by atoms with Crippen molar-refractivity contribution in [2.45, 2.75) is 23.0 Å². The summed E-state index contributed by atoms with van der Waals surface area (Å²) in [6, 6.07) is 10.5. The van der Waals surface area contributed by atoms with Gasteiger partial charge in [0.05, 0.1) is 5.69 Å². The second kappa shape index (κ2) is 8.43. The number of amides is 3. The van der Waals surface area contributed by atoms with E-state index in [0.29, 0.717) is 31.6 Å². The number of piperidine rings is 1. The van der Waals surface area contributed by atoms with Crippen LogP contribution in [-0.4, -0.2) is 41.0 Å². The van der Waals surface area contributed by atoms with Crippen LogP contribution in [0.2, 0.25) is 0 Å². The van der Waals surface area contributed by atoms with Gasteiger partial charge in [-0.1, -0.05) is 12.1 Å². The molecular weight excluding hydrogens is 412 g/mol. The highest BCUT2D eigenvalue weighted by molar-refractivity contribution is 8.01. The lowest BCUT2D eigenvalue weighted by molar-refractivity contribution is -0.136. The Kier molecular flexibility index (Phi) is 5.72. The predicted octanol–water partition coefficient (Wildman–Crippen LogP) is 3.25. The monoisotopic (exact) mass is 431 g/mol. The first-order valence-corrected chi connectivity index (χ1v) is 10.4. The van der Waals surface area contributed by atoms with E-state index in [9.17, 15) is 23.2 Å². The Hall–Kier alpha value is -2.94. The Morgan fingerprint density at radius 1 is 1.07 bits per heavy atom. The third kappa shape index (κ3) is 4.16. The molecular formula is C21H19F2N3O3S. The van der Waals surface area contributed by atoms with E-state index in [-0.39, 0.29) is 29.3 Å². The molecule has 2 aliphatic rings. The van der Waals surface area contributed by atoms with E-state index in [2.05, 4.69) is 10.6 Å². The number of likely N-dealkylation sites (tertiary alicyclic amines) is 1. The SMILES string of the molecule is O=C(Nc1ccc(F)c(F)c1)C1CCN(C(=O)C2Sc3ccccc3NC2=O)CC1. The molecule has 4 rings (SSSR count). The summed E-state index contributed by atoms with van der Waals surface area (Å²) in [7, 11) is 0. The molecule has 6 nitrogen and oxygen atoms in total. The zero-order valence-electron chi connectivity index (χ0n) is 15.9. The number of hydrogen-bond donors (Lipinski definition) is 2. The molecule has 0 radical (unpaired) electrons. The van der Waals surface area contributed by atoms with Crippen molar-refractivity contribution in [1.82, 2.24) is 4.90 Å². The summed E-state index contributed by atoms with van der Waals surface area (Å²) in [6.07, 6.45) is 0.855. The van der Waals surface area contributed by atoms with Crippen molar-refractivity contribution >= 4 is 40.9 Å². The van der Waals surface area contributed by atoms with E-state index >= 15 is 0 Å². The van der Waals surface area contributed by atoms with Gasteiger partial charge in [0, 0.05) is 35.7 Å². The molecule has 1 saturated heterocycles. The van der Waals surface area contributed by atoms with Gasteiger partial charge in [-0.2, -0.15) is 0 Å². The number of para-hydroxylation sites is 1. The quantitative estimate of drug-likeness (QED) is 0.732. The minimum absolute atomic E-state index is 0.186. The first-order chi connectivity index (χ1) is 14.4. The second-order valence-electron chi connectivity index (χ2n) is 7.20. The number of hydrogen-bond acceptors (Lipinski definition) is 4. The Balaban J connectivity index is 1.34. The largest absolute Gasteiger partial charge is 0.341 e. The smallest absolute Gasteiger partial charge is 0.247 e. The van der Waals surface area contributed by atoms with Gasteiger partial charge < -0.3 is 15.5 Å². The second-order valence-corrected chi connectivity index (χ2v) is 8.35. The molecule has 2 aliphatic heterocycles. The predicted molar refractivity (Wildman–Crippen MR) is 109 cm³/mol. The number of halogens is 2. The van der Waals surface area contributed by atoms with Crippen molar-refractivity contribution in [2.24, 2.45) is 5.92 Å². The zero-order valence-corrected chi connectivity index (χ0v) is 16.7. The van der Waals surface area contributed by atoms with Crippen LogP contribution in [-0.2, 0) is 14.4 Å².